The van der Waals surface area contributed by atoms with E-state index in [1.807, 2.05) is 0 Å². The van der Waals surface area contributed by atoms with E-state index in [0.717, 1.165) is 6.42 Å². The van der Waals surface area contributed by atoms with E-state index in [9.17, 15) is 0 Å². The van der Waals surface area contributed by atoms with Gasteiger partial charge in [0.2, 0.25) is 0 Å². The zero-order valence-electron chi connectivity index (χ0n) is 4.30. The monoisotopic (exact) mass is 117 g/mol. The van der Waals surface area contributed by atoms with Crippen LogP contribution in [0.1, 0.15) is 19.3 Å². The van der Waals surface area contributed by atoms with Crippen molar-refractivity contribution in [1.82, 2.24) is 0 Å². The van der Waals surface area contributed by atoms with Gasteiger partial charge in [-0.05, 0) is 19.3 Å². The quantitative estimate of drug-likeness (QED) is 0.451. The molecule has 0 amide bonds. The van der Waals surface area contributed by atoms with E-state index in [1.54, 1.807) is 0 Å². The molecule has 1 saturated carbocycles. The Kier molecular flexibility index (Phi) is 1.60. The van der Waals surface area contributed by atoms with Gasteiger partial charge in [-0.2, -0.15) is 12.6 Å². The number of rotatable bonds is 0. The summed E-state index contributed by atoms with van der Waals surface area (Å²) in [6.45, 7) is 0. The van der Waals surface area contributed by atoms with Crippen LogP contribution in [0, 0.1) is 0 Å². The van der Waals surface area contributed by atoms with E-state index in [2.05, 4.69) is 12.6 Å². The highest BCUT2D eigenvalue weighted by Gasteiger charge is 2.17. The summed E-state index contributed by atoms with van der Waals surface area (Å²) in [5.74, 6) is 0. The minimum Gasteiger partial charge on any atom is -0.328 e. The van der Waals surface area contributed by atoms with E-state index < -0.39 is 0 Å². The molecule has 0 radical (unpaired) electrons. The van der Waals surface area contributed by atoms with Crippen molar-refractivity contribution in [2.75, 3.05) is 0 Å². The van der Waals surface area contributed by atoms with Crippen LogP contribution in [-0.4, -0.2) is 11.3 Å². The first-order valence-corrected chi connectivity index (χ1v) is 3.24. The molecule has 0 bridgehead atoms. The van der Waals surface area contributed by atoms with Gasteiger partial charge in [0.1, 0.15) is 0 Å². The van der Waals surface area contributed by atoms with Gasteiger partial charge in [-0.3, -0.25) is 0 Å². The summed E-state index contributed by atoms with van der Waals surface area (Å²) in [5, 5.41) is 0.593. The Morgan fingerprint density at radius 2 is 2.14 bits per heavy atom. The third kappa shape index (κ3) is 1.35. The first kappa shape index (κ1) is 5.45. The van der Waals surface area contributed by atoms with Gasteiger partial charge in [0.15, 0.2) is 0 Å². The van der Waals surface area contributed by atoms with Crippen molar-refractivity contribution in [1.29, 1.82) is 0 Å². The molecule has 2 atom stereocenters. The second-order valence-corrected chi connectivity index (χ2v) is 2.96. The summed E-state index contributed by atoms with van der Waals surface area (Å²) in [7, 11) is 0. The molecular formula is C5H11NS. The minimum atomic E-state index is 0.447. The normalized spacial score (nSPS) is 42.0. The lowest BCUT2D eigenvalue weighted by Crippen LogP contribution is -2.14. The molecule has 0 aromatic rings. The lowest BCUT2D eigenvalue weighted by atomic mass is 10.3. The second kappa shape index (κ2) is 2.05. The smallest absolute Gasteiger partial charge is 0.00496 e. The zero-order valence-corrected chi connectivity index (χ0v) is 5.20. The van der Waals surface area contributed by atoms with Crippen LogP contribution in [0.4, 0.5) is 0 Å². The van der Waals surface area contributed by atoms with Crippen LogP contribution < -0.4 is 5.73 Å². The first-order chi connectivity index (χ1) is 3.29. The lowest BCUT2D eigenvalue weighted by Gasteiger charge is -1.96. The van der Waals surface area contributed by atoms with E-state index in [1.165, 1.54) is 12.8 Å². The highest BCUT2D eigenvalue weighted by atomic mass is 32.1. The van der Waals surface area contributed by atoms with Gasteiger partial charge in [-0.1, -0.05) is 0 Å². The molecule has 2 unspecified atom stereocenters. The summed E-state index contributed by atoms with van der Waals surface area (Å²) < 4.78 is 0. The third-order valence-corrected chi connectivity index (χ3v) is 1.91. The van der Waals surface area contributed by atoms with Crippen LogP contribution in [0.25, 0.3) is 0 Å². The fraction of sp³-hybridized carbons (Fsp3) is 1.00. The van der Waals surface area contributed by atoms with Crippen molar-refractivity contribution in [3.63, 3.8) is 0 Å². The van der Waals surface area contributed by atoms with Crippen molar-refractivity contribution >= 4 is 12.6 Å². The molecule has 2 heteroatoms. The van der Waals surface area contributed by atoms with Crippen molar-refractivity contribution in [3.05, 3.63) is 0 Å². The lowest BCUT2D eigenvalue weighted by molar-refractivity contribution is 0.706. The zero-order chi connectivity index (χ0) is 5.28. The van der Waals surface area contributed by atoms with Gasteiger partial charge in [0.25, 0.3) is 0 Å². The maximum absolute atomic E-state index is 5.58. The molecule has 2 N–H and O–H groups in total. The Hall–Kier alpha value is 0.310. The maximum Gasteiger partial charge on any atom is 0.00496 e. The van der Waals surface area contributed by atoms with Gasteiger partial charge in [0, 0.05) is 11.3 Å². The maximum atomic E-state index is 5.58. The highest BCUT2D eigenvalue weighted by molar-refractivity contribution is 7.80. The fourth-order valence-electron chi connectivity index (χ4n) is 0.992. The standard InChI is InChI=1S/C5H11NS/c6-4-1-2-5(7)3-4/h4-5,7H,1-3,6H2. The molecule has 0 aromatic heterocycles. The molecule has 42 valence electrons. The summed E-state index contributed by atoms with van der Waals surface area (Å²) in [5.41, 5.74) is 5.58. The summed E-state index contributed by atoms with van der Waals surface area (Å²) in [6, 6.07) is 0.447. The van der Waals surface area contributed by atoms with Crippen molar-refractivity contribution < 1.29 is 0 Å². The number of hydrogen-bond acceptors (Lipinski definition) is 2. The Labute approximate surface area is 49.7 Å². The summed E-state index contributed by atoms with van der Waals surface area (Å²) in [4.78, 5) is 0. The topological polar surface area (TPSA) is 26.0 Å². The predicted molar refractivity (Wildman–Crippen MR) is 34.6 cm³/mol. The van der Waals surface area contributed by atoms with Gasteiger partial charge in [-0.25, -0.2) is 0 Å². The van der Waals surface area contributed by atoms with Crippen LogP contribution in [-0.2, 0) is 0 Å². The molecular weight excluding hydrogens is 106 g/mol. The average Bonchev–Trinajstić information content (AvgIpc) is 1.87. The van der Waals surface area contributed by atoms with Crippen molar-refractivity contribution in [3.8, 4) is 0 Å². The Bertz CT molecular complexity index is 57.1. The highest BCUT2D eigenvalue weighted by Crippen LogP contribution is 2.21. The van der Waals surface area contributed by atoms with Crippen molar-refractivity contribution in [2.45, 2.75) is 30.6 Å². The van der Waals surface area contributed by atoms with Crippen LogP contribution >= 0.6 is 12.6 Å². The Morgan fingerprint density at radius 1 is 1.43 bits per heavy atom. The molecule has 1 rings (SSSR count). The average molecular weight is 117 g/mol. The van der Waals surface area contributed by atoms with Crippen LogP contribution in [0.5, 0.6) is 0 Å². The molecule has 1 aliphatic carbocycles. The predicted octanol–water partition coefficient (Wildman–Crippen LogP) is 0.796. The van der Waals surface area contributed by atoms with E-state index >= 15 is 0 Å². The molecule has 0 saturated heterocycles. The molecule has 0 spiro atoms. The SMILES string of the molecule is NC1CCC(S)C1. The minimum absolute atomic E-state index is 0.447. The van der Waals surface area contributed by atoms with Gasteiger partial charge in [-0.15, -0.1) is 0 Å². The summed E-state index contributed by atoms with van der Waals surface area (Å²) >= 11 is 4.27. The van der Waals surface area contributed by atoms with E-state index in [-0.39, 0.29) is 0 Å². The van der Waals surface area contributed by atoms with Gasteiger partial charge in [0.05, 0.1) is 0 Å². The molecule has 1 fully saturated rings. The Morgan fingerprint density at radius 3 is 2.29 bits per heavy atom. The molecule has 1 aliphatic rings. The van der Waals surface area contributed by atoms with Crippen LogP contribution in [0.15, 0.2) is 0 Å². The second-order valence-electron chi connectivity index (χ2n) is 2.23. The number of nitrogens with two attached hydrogens (primary N) is 1. The molecule has 1 nitrogen and oxygen atoms in total. The van der Waals surface area contributed by atoms with E-state index in [0.29, 0.717) is 11.3 Å². The Balaban J connectivity index is 2.26. The number of hydrogen-bond donors (Lipinski definition) is 2. The molecule has 7 heavy (non-hydrogen) atoms. The van der Waals surface area contributed by atoms with Crippen LogP contribution in [0.2, 0.25) is 0 Å². The molecule has 0 aliphatic heterocycles. The van der Waals surface area contributed by atoms with Crippen molar-refractivity contribution in [2.24, 2.45) is 5.73 Å². The van der Waals surface area contributed by atoms with E-state index in [4.69, 9.17) is 5.73 Å². The molecule has 0 heterocycles. The fourth-order valence-corrected chi connectivity index (χ4v) is 1.41. The van der Waals surface area contributed by atoms with Gasteiger partial charge < -0.3 is 5.73 Å². The molecule has 0 aromatic carbocycles. The van der Waals surface area contributed by atoms with Gasteiger partial charge >= 0.3 is 0 Å². The van der Waals surface area contributed by atoms with Crippen LogP contribution in [0.3, 0.4) is 0 Å². The third-order valence-electron chi connectivity index (χ3n) is 1.45. The summed E-state index contributed by atoms with van der Waals surface area (Å²) in [6.07, 6.45) is 3.50. The largest absolute Gasteiger partial charge is 0.328 e. The first-order valence-electron chi connectivity index (χ1n) is 2.72. The number of thiol groups is 1.